The molecular weight excluding hydrogens is 155 g/mol. The molecule has 0 unspecified atom stereocenters. The lowest BCUT2D eigenvalue weighted by Crippen LogP contribution is -2.00. The molecule has 0 aromatic rings. The van der Waals surface area contributed by atoms with Crippen molar-refractivity contribution in [2.75, 3.05) is 6.61 Å². The second kappa shape index (κ2) is 8.98. The molecule has 0 spiro atoms. The Balaban J connectivity index is 3.04. The van der Waals surface area contributed by atoms with Crippen molar-refractivity contribution in [3.8, 4) is 0 Å². The van der Waals surface area contributed by atoms with Crippen molar-refractivity contribution < 1.29 is 9.50 Å². The van der Waals surface area contributed by atoms with Gasteiger partial charge in [0.25, 0.3) is 0 Å². The quantitative estimate of drug-likeness (QED) is 0.563. The van der Waals surface area contributed by atoms with Crippen molar-refractivity contribution in [3.63, 3.8) is 0 Å². The molecule has 0 heterocycles. The Morgan fingerprint density at radius 2 is 1.67 bits per heavy atom. The average molecular weight is 176 g/mol. The summed E-state index contributed by atoms with van der Waals surface area (Å²) in [7, 11) is 0. The van der Waals surface area contributed by atoms with Crippen LogP contribution in [0, 0.1) is 0 Å². The van der Waals surface area contributed by atoms with Crippen LogP contribution in [0.3, 0.4) is 0 Å². The van der Waals surface area contributed by atoms with Gasteiger partial charge in [0.15, 0.2) is 0 Å². The Labute approximate surface area is 75.0 Å². The van der Waals surface area contributed by atoms with E-state index >= 15 is 0 Å². The second-order valence-electron chi connectivity index (χ2n) is 3.31. The van der Waals surface area contributed by atoms with Crippen molar-refractivity contribution in [1.29, 1.82) is 0 Å². The highest BCUT2D eigenvalue weighted by molar-refractivity contribution is 4.56. The highest BCUT2D eigenvalue weighted by Gasteiger charge is 2.04. The molecule has 0 aromatic carbocycles. The molecule has 0 aliphatic carbocycles. The Morgan fingerprint density at radius 3 is 2.17 bits per heavy atom. The van der Waals surface area contributed by atoms with Gasteiger partial charge in [-0.05, 0) is 25.7 Å². The number of aliphatic hydroxyl groups is 1. The summed E-state index contributed by atoms with van der Waals surface area (Å²) in [5, 5.41) is 8.47. The third-order valence-corrected chi connectivity index (χ3v) is 2.05. The van der Waals surface area contributed by atoms with Crippen LogP contribution in [0.1, 0.15) is 51.9 Å². The molecule has 0 saturated carbocycles. The Kier molecular flexibility index (Phi) is 8.90. The first-order chi connectivity index (χ1) is 5.81. The van der Waals surface area contributed by atoms with Crippen molar-refractivity contribution in [1.82, 2.24) is 0 Å². The van der Waals surface area contributed by atoms with Crippen LogP contribution >= 0.6 is 0 Å². The zero-order valence-corrected chi connectivity index (χ0v) is 8.06. The Bertz CT molecular complexity index is 75.9. The summed E-state index contributed by atoms with van der Waals surface area (Å²) >= 11 is 0. The maximum absolute atomic E-state index is 13.0. The molecule has 1 N–H and O–H groups in total. The van der Waals surface area contributed by atoms with Crippen LogP contribution in [0.2, 0.25) is 0 Å². The summed E-state index contributed by atoms with van der Waals surface area (Å²) in [5.74, 6) is 0. The van der Waals surface area contributed by atoms with E-state index in [1.54, 1.807) is 0 Å². The molecule has 1 nitrogen and oxygen atoms in total. The molecule has 0 rings (SSSR count). The van der Waals surface area contributed by atoms with Gasteiger partial charge in [0.05, 0.1) is 0 Å². The topological polar surface area (TPSA) is 20.2 Å². The van der Waals surface area contributed by atoms with Crippen LogP contribution < -0.4 is 0 Å². The predicted octanol–water partition coefficient (Wildman–Crippen LogP) is 3.07. The lowest BCUT2D eigenvalue weighted by atomic mass is 10.1. The van der Waals surface area contributed by atoms with Crippen molar-refractivity contribution in [2.24, 2.45) is 0 Å². The van der Waals surface area contributed by atoms with Crippen LogP contribution in [0.5, 0.6) is 0 Å². The molecule has 1 atom stereocenters. The number of unbranched alkanes of at least 4 members (excludes halogenated alkanes) is 3. The van der Waals surface area contributed by atoms with Crippen LogP contribution in [0.15, 0.2) is 0 Å². The molecule has 0 fully saturated rings. The number of rotatable bonds is 8. The number of halogens is 1. The fourth-order valence-corrected chi connectivity index (χ4v) is 1.24. The molecule has 0 aliphatic heterocycles. The first kappa shape index (κ1) is 11.9. The Morgan fingerprint density at radius 1 is 1.08 bits per heavy atom. The van der Waals surface area contributed by atoms with Crippen LogP contribution in [0.25, 0.3) is 0 Å². The van der Waals surface area contributed by atoms with E-state index in [1.807, 2.05) is 0 Å². The normalized spacial score (nSPS) is 13.2. The lowest BCUT2D eigenvalue weighted by molar-refractivity contribution is 0.251. The summed E-state index contributed by atoms with van der Waals surface area (Å²) in [6.07, 6.45) is 5.57. The highest BCUT2D eigenvalue weighted by atomic mass is 19.1. The minimum Gasteiger partial charge on any atom is -0.396 e. The molecule has 0 aliphatic rings. The molecule has 0 radical (unpaired) electrons. The van der Waals surface area contributed by atoms with Gasteiger partial charge in [0.1, 0.15) is 6.17 Å². The third kappa shape index (κ3) is 7.99. The number of alkyl halides is 1. The summed E-state index contributed by atoms with van der Waals surface area (Å²) < 4.78 is 13.0. The van der Waals surface area contributed by atoms with Gasteiger partial charge >= 0.3 is 0 Å². The van der Waals surface area contributed by atoms with Crippen LogP contribution in [-0.4, -0.2) is 17.9 Å². The van der Waals surface area contributed by atoms with Crippen molar-refractivity contribution >= 4 is 0 Å². The third-order valence-electron chi connectivity index (χ3n) is 2.05. The first-order valence-corrected chi connectivity index (χ1v) is 5.06. The second-order valence-corrected chi connectivity index (χ2v) is 3.31. The summed E-state index contributed by atoms with van der Waals surface area (Å²) in [6, 6.07) is 0. The van der Waals surface area contributed by atoms with Crippen LogP contribution in [0.4, 0.5) is 4.39 Å². The van der Waals surface area contributed by atoms with Crippen molar-refractivity contribution in [2.45, 2.75) is 58.0 Å². The molecule has 0 aromatic heterocycles. The van der Waals surface area contributed by atoms with Gasteiger partial charge in [-0.3, -0.25) is 0 Å². The fraction of sp³-hybridized carbons (Fsp3) is 1.00. The monoisotopic (exact) mass is 176 g/mol. The van der Waals surface area contributed by atoms with E-state index in [9.17, 15) is 4.39 Å². The lowest BCUT2D eigenvalue weighted by Gasteiger charge is -2.06. The first-order valence-electron chi connectivity index (χ1n) is 5.06. The molecule has 0 saturated heterocycles. The number of aliphatic hydroxyl groups excluding tert-OH is 1. The zero-order valence-electron chi connectivity index (χ0n) is 8.06. The summed E-state index contributed by atoms with van der Waals surface area (Å²) in [5.41, 5.74) is 0. The molecule has 12 heavy (non-hydrogen) atoms. The van der Waals surface area contributed by atoms with Gasteiger partial charge in [0, 0.05) is 6.61 Å². The van der Waals surface area contributed by atoms with Gasteiger partial charge in [0.2, 0.25) is 0 Å². The average Bonchev–Trinajstić information content (AvgIpc) is 2.06. The smallest absolute Gasteiger partial charge is 0.100 e. The van der Waals surface area contributed by atoms with E-state index in [4.69, 9.17) is 5.11 Å². The molecule has 2 heteroatoms. The molecule has 0 amide bonds. The maximum Gasteiger partial charge on any atom is 0.100 e. The largest absolute Gasteiger partial charge is 0.396 e. The van der Waals surface area contributed by atoms with Gasteiger partial charge in [-0.25, -0.2) is 4.39 Å². The van der Waals surface area contributed by atoms with Crippen molar-refractivity contribution in [3.05, 3.63) is 0 Å². The standard InChI is InChI=1S/C10H21FO/c1-2-3-4-7-10(11)8-5-6-9-12/h10,12H,2-9H2,1H3/t10-/m0/s1. The number of hydrogen-bond donors (Lipinski definition) is 1. The van der Waals surface area contributed by atoms with Gasteiger partial charge in [-0.15, -0.1) is 0 Å². The molecule has 0 bridgehead atoms. The number of hydrogen-bond acceptors (Lipinski definition) is 1. The molecule has 74 valence electrons. The van der Waals surface area contributed by atoms with Gasteiger partial charge in [-0.2, -0.15) is 0 Å². The highest BCUT2D eigenvalue weighted by Crippen LogP contribution is 2.12. The summed E-state index contributed by atoms with van der Waals surface area (Å²) in [6.45, 7) is 2.32. The minimum atomic E-state index is -0.636. The van der Waals surface area contributed by atoms with E-state index in [0.717, 1.165) is 32.1 Å². The van der Waals surface area contributed by atoms with E-state index in [0.29, 0.717) is 12.8 Å². The van der Waals surface area contributed by atoms with E-state index < -0.39 is 6.17 Å². The Hall–Kier alpha value is -0.110. The molecular formula is C10H21FO. The van der Waals surface area contributed by atoms with E-state index in [-0.39, 0.29) is 6.61 Å². The SMILES string of the molecule is CCCCC[C@H](F)CCCCO. The van der Waals surface area contributed by atoms with Gasteiger partial charge < -0.3 is 5.11 Å². The predicted molar refractivity (Wildman–Crippen MR) is 50.0 cm³/mol. The summed E-state index contributed by atoms with van der Waals surface area (Å²) in [4.78, 5) is 0. The van der Waals surface area contributed by atoms with E-state index in [1.165, 1.54) is 0 Å². The van der Waals surface area contributed by atoms with E-state index in [2.05, 4.69) is 6.92 Å². The zero-order chi connectivity index (χ0) is 9.23. The van der Waals surface area contributed by atoms with Crippen LogP contribution in [-0.2, 0) is 0 Å². The minimum absolute atomic E-state index is 0.196. The fourth-order valence-electron chi connectivity index (χ4n) is 1.24. The maximum atomic E-state index is 13.0. The van der Waals surface area contributed by atoms with Gasteiger partial charge in [-0.1, -0.05) is 26.2 Å².